The van der Waals surface area contributed by atoms with E-state index in [4.69, 9.17) is 20.5 Å². The van der Waals surface area contributed by atoms with E-state index >= 15 is 0 Å². The molecule has 1 heterocycles. The fourth-order valence-electron chi connectivity index (χ4n) is 3.79. The Bertz CT molecular complexity index is 906. The largest absolute Gasteiger partial charge is 0.480 e. The van der Waals surface area contributed by atoms with Crippen molar-refractivity contribution in [2.75, 3.05) is 12.4 Å². The second kappa shape index (κ2) is 8.78. The Hall–Kier alpha value is -3.34. The summed E-state index contributed by atoms with van der Waals surface area (Å²) >= 11 is 0. The summed E-state index contributed by atoms with van der Waals surface area (Å²) in [6.45, 7) is 0. The van der Waals surface area contributed by atoms with Gasteiger partial charge >= 0.3 is 6.09 Å². The lowest BCUT2D eigenvalue weighted by atomic mass is 9.78. The number of hydrogen-bond acceptors (Lipinski definition) is 6. The number of methoxy groups -OCH3 is 1. The summed E-state index contributed by atoms with van der Waals surface area (Å²) in [5.41, 5.74) is 5.74. The first-order valence-electron chi connectivity index (χ1n) is 9.38. The van der Waals surface area contributed by atoms with Crippen LogP contribution < -0.4 is 15.8 Å². The van der Waals surface area contributed by atoms with Crippen molar-refractivity contribution < 1.29 is 18.7 Å². The highest BCUT2D eigenvalue weighted by atomic mass is 19.1. The highest BCUT2D eigenvalue weighted by Crippen LogP contribution is 2.36. The molecule has 1 aromatic carbocycles. The molecule has 2 aromatic rings. The quantitative estimate of drug-likeness (QED) is 0.770. The van der Waals surface area contributed by atoms with E-state index in [0.29, 0.717) is 32.1 Å². The van der Waals surface area contributed by atoms with E-state index < -0.39 is 17.5 Å². The van der Waals surface area contributed by atoms with Gasteiger partial charge in [-0.15, -0.1) is 0 Å². The monoisotopic (exact) mass is 398 g/mol. The molecule has 1 aliphatic rings. The summed E-state index contributed by atoms with van der Waals surface area (Å²) in [6.07, 6.45) is 2.22. The van der Waals surface area contributed by atoms with E-state index in [1.54, 1.807) is 0 Å². The second-order valence-corrected chi connectivity index (χ2v) is 7.17. The molecule has 3 N–H and O–H groups in total. The van der Waals surface area contributed by atoms with Crippen LogP contribution in [0.3, 0.4) is 0 Å². The molecule has 0 atom stereocenters. The van der Waals surface area contributed by atoms with Crippen LogP contribution in [0.1, 0.15) is 36.8 Å². The summed E-state index contributed by atoms with van der Waals surface area (Å²) in [6, 6.07) is 12.7. The van der Waals surface area contributed by atoms with Gasteiger partial charge in [-0.2, -0.15) is 10.2 Å². The Morgan fingerprint density at radius 3 is 2.66 bits per heavy atom. The van der Waals surface area contributed by atoms with Crippen LogP contribution in [0.4, 0.5) is 15.0 Å². The van der Waals surface area contributed by atoms with Crippen LogP contribution in [0.2, 0.25) is 0 Å². The fourth-order valence-corrected chi connectivity index (χ4v) is 3.79. The Morgan fingerprint density at radius 2 is 2.07 bits per heavy atom. The van der Waals surface area contributed by atoms with Gasteiger partial charge in [0.25, 0.3) is 0 Å². The van der Waals surface area contributed by atoms with Gasteiger partial charge in [0.15, 0.2) is 11.6 Å². The first-order valence-corrected chi connectivity index (χ1v) is 9.38. The number of nitrogens with zero attached hydrogens (tertiary/aromatic N) is 2. The number of halogens is 1. The van der Waals surface area contributed by atoms with Crippen molar-refractivity contribution in [3.63, 3.8) is 0 Å². The van der Waals surface area contributed by atoms with Crippen molar-refractivity contribution >= 4 is 11.9 Å². The zero-order valence-electron chi connectivity index (χ0n) is 16.2. The van der Waals surface area contributed by atoms with E-state index in [1.807, 2.05) is 36.4 Å². The Balaban J connectivity index is 1.71. The summed E-state index contributed by atoms with van der Waals surface area (Å²) in [7, 11) is 1.38. The molecule has 3 rings (SSSR count). The van der Waals surface area contributed by atoms with Gasteiger partial charge in [-0.05, 0) is 31.2 Å². The van der Waals surface area contributed by atoms with Gasteiger partial charge in [0, 0.05) is 18.5 Å². The van der Waals surface area contributed by atoms with Gasteiger partial charge < -0.3 is 20.5 Å². The number of carbonyl (C=O) groups excluding carboxylic acids is 1. The predicted molar refractivity (Wildman–Crippen MR) is 105 cm³/mol. The minimum absolute atomic E-state index is 0.0379. The highest BCUT2D eigenvalue weighted by Gasteiger charge is 2.39. The first kappa shape index (κ1) is 20.4. The number of benzene rings is 1. The van der Waals surface area contributed by atoms with Gasteiger partial charge in [0.1, 0.15) is 17.2 Å². The van der Waals surface area contributed by atoms with E-state index in [2.05, 4.69) is 10.3 Å². The van der Waals surface area contributed by atoms with Crippen molar-refractivity contribution in [3.05, 3.63) is 53.3 Å². The van der Waals surface area contributed by atoms with Crippen molar-refractivity contribution in [1.82, 2.24) is 4.98 Å². The van der Waals surface area contributed by atoms with Crippen LogP contribution in [0.25, 0.3) is 0 Å². The van der Waals surface area contributed by atoms with Crippen LogP contribution in [-0.2, 0) is 11.2 Å². The number of nitrogens with one attached hydrogen (secondary N) is 1. The minimum atomic E-state index is -0.795. The zero-order chi connectivity index (χ0) is 20.9. The van der Waals surface area contributed by atoms with Crippen molar-refractivity contribution in [2.24, 2.45) is 5.73 Å². The van der Waals surface area contributed by atoms with Crippen LogP contribution in [0, 0.1) is 17.1 Å². The van der Waals surface area contributed by atoms with Gasteiger partial charge in [0.2, 0.25) is 5.88 Å². The number of pyridine rings is 1. The van der Waals surface area contributed by atoms with Gasteiger partial charge in [0.05, 0.1) is 7.11 Å². The lowest BCUT2D eigenvalue weighted by Crippen LogP contribution is -2.45. The average molecular weight is 398 g/mol. The third kappa shape index (κ3) is 4.93. The molecule has 1 aromatic heterocycles. The maximum Gasteiger partial charge on any atom is 0.405 e. The SMILES string of the molecule is COc1nc(N[C@H]2CC[C@](Cc3ccccc3)(OC(N)=O)CC2)c(F)cc1C#N. The molecule has 0 radical (unpaired) electrons. The van der Waals surface area contributed by atoms with Crippen molar-refractivity contribution in [2.45, 2.75) is 43.7 Å². The normalized spacial score (nSPS) is 21.1. The van der Waals surface area contributed by atoms with E-state index in [9.17, 15) is 9.18 Å². The number of rotatable bonds is 6. The number of primary amides is 1. The lowest BCUT2D eigenvalue weighted by Gasteiger charge is -2.39. The van der Waals surface area contributed by atoms with E-state index in [-0.39, 0.29) is 23.3 Å². The van der Waals surface area contributed by atoms with Crippen molar-refractivity contribution in [3.8, 4) is 11.9 Å². The molecule has 0 aliphatic heterocycles. The van der Waals surface area contributed by atoms with Crippen LogP contribution in [0.5, 0.6) is 5.88 Å². The first-order chi connectivity index (χ1) is 13.9. The maximum absolute atomic E-state index is 14.3. The number of amides is 1. The number of nitrogens with two attached hydrogens (primary N) is 1. The molecule has 1 amide bonds. The third-order valence-electron chi connectivity index (χ3n) is 5.18. The zero-order valence-corrected chi connectivity index (χ0v) is 16.2. The molecule has 29 heavy (non-hydrogen) atoms. The molecule has 0 unspecified atom stereocenters. The predicted octanol–water partition coefficient (Wildman–Crippen LogP) is 3.53. The molecule has 1 saturated carbocycles. The molecule has 1 aliphatic carbocycles. The number of ether oxygens (including phenoxy) is 2. The van der Waals surface area contributed by atoms with Crippen LogP contribution in [0.15, 0.2) is 36.4 Å². The van der Waals surface area contributed by atoms with E-state index in [1.165, 1.54) is 7.11 Å². The topological polar surface area (TPSA) is 110 Å². The number of anilines is 1. The molecule has 152 valence electrons. The van der Waals surface area contributed by atoms with Gasteiger partial charge in [-0.1, -0.05) is 30.3 Å². The molecular weight excluding hydrogens is 375 g/mol. The number of nitriles is 1. The van der Waals surface area contributed by atoms with Gasteiger partial charge in [-0.3, -0.25) is 0 Å². The molecule has 7 nitrogen and oxygen atoms in total. The summed E-state index contributed by atoms with van der Waals surface area (Å²) in [5.74, 6) is -0.503. The molecule has 0 bridgehead atoms. The molecule has 0 spiro atoms. The maximum atomic E-state index is 14.3. The van der Waals surface area contributed by atoms with Crippen molar-refractivity contribution in [1.29, 1.82) is 5.26 Å². The Kier molecular flexibility index (Phi) is 6.17. The average Bonchev–Trinajstić information content (AvgIpc) is 2.71. The highest BCUT2D eigenvalue weighted by molar-refractivity contribution is 5.65. The molecular formula is C21H23FN4O3. The Labute approximate surface area is 168 Å². The standard InChI is InChI=1S/C21H23FN4O3/c1-28-19-15(13-23)11-17(22)18(26-19)25-16-7-9-21(10-8-16,29-20(24)27)12-14-5-3-2-4-6-14/h2-6,11,16H,7-10,12H2,1H3,(H2,24,27)(H,25,26)/t16-,21-. The van der Waals surface area contributed by atoms with Crippen LogP contribution >= 0.6 is 0 Å². The summed E-state index contributed by atoms with van der Waals surface area (Å²) in [5, 5.41) is 12.1. The fraction of sp³-hybridized carbons (Fsp3) is 0.381. The van der Waals surface area contributed by atoms with Crippen LogP contribution in [-0.4, -0.2) is 29.8 Å². The molecule has 8 heteroatoms. The van der Waals surface area contributed by atoms with E-state index in [0.717, 1.165) is 11.6 Å². The number of hydrogen-bond donors (Lipinski definition) is 2. The number of aromatic nitrogens is 1. The summed E-state index contributed by atoms with van der Waals surface area (Å²) in [4.78, 5) is 15.6. The Morgan fingerprint density at radius 1 is 1.38 bits per heavy atom. The summed E-state index contributed by atoms with van der Waals surface area (Å²) < 4.78 is 24.9. The van der Waals surface area contributed by atoms with Gasteiger partial charge in [-0.25, -0.2) is 9.18 Å². The molecule has 1 fully saturated rings. The smallest absolute Gasteiger partial charge is 0.405 e. The second-order valence-electron chi connectivity index (χ2n) is 7.17. The molecule has 0 saturated heterocycles. The minimum Gasteiger partial charge on any atom is -0.480 e. The third-order valence-corrected chi connectivity index (χ3v) is 5.18. The lowest BCUT2D eigenvalue weighted by molar-refractivity contribution is -0.0138. The number of carbonyl (C=O) groups is 1.